The van der Waals surface area contributed by atoms with Gasteiger partial charge in [0.1, 0.15) is 12.4 Å². The summed E-state index contributed by atoms with van der Waals surface area (Å²) in [5.41, 5.74) is 1.96. The molecule has 1 saturated heterocycles. The average molecular weight is 347 g/mol. The summed E-state index contributed by atoms with van der Waals surface area (Å²) in [4.78, 5) is 16.7. The first-order valence-electron chi connectivity index (χ1n) is 8.20. The highest BCUT2D eigenvalue weighted by atomic mass is 35.5. The summed E-state index contributed by atoms with van der Waals surface area (Å²) in [5.74, 6) is 1.13. The van der Waals surface area contributed by atoms with Crippen molar-refractivity contribution >= 4 is 23.3 Å². The number of urea groups is 1. The number of fused-ring (bicyclic) bond motifs is 1. The second kappa shape index (κ2) is 6.36. The lowest BCUT2D eigenvalue weighted by Crippen LogP contribution is -2.49. The number of nitrogens with one attached hydrogen (secondary N) is 1. The summed E-state index contributed by atoms with van der Waals surface area (Å²) in [5, 5.41) is 7.67. The topological polar surface area (TPSA) is 61.5 Å². The zero-order valence-corrected chi connectivity index (χ0v) is 14.0. The second-order valence-corrected chi connectivity index (χ2v) is 6.60. The van der Waals surface area contributed by atoms with Crippen LogP contribution >= 0.6 is 11.6 Å². The van der Waals surface area contributed by atoms with Gasteiger partial charge in [-0.1, -0.05) is 11.6 Å². The average Bonchev–Trinajstić information content (AvgIpc) is 3.15. The van der Waals surface area contributed by atoms with Crippen LogP contribution in [-0.2, 0) is 0 Å². The number of aromatic nitrogens is 2. The van der Waals surface area contributed by atoms with Crippen molar-refractivity contribution in [1.82, 2.24) is 15.1 Å². The van der Waals surface area contributed by atoms with Crippen molar-refractivity contribution in [3.8, 4) is 5.75 Å². The molecule has 0 spiro atoms. The van der Waals surface area contributed by atoms with Crippen LogP contribution in [0.4, 0.5) is 10.5 Å². The van der Waals surface area contributed by atoms with Crippen molar-refractivity contribution in [2.45, 2.75) is 18.8 Å². The van der Waals surface area contributed by atoms with Crippen molar-refractivity contribution in [1.29, 1.82) is 0 Å². The van der Waals surface area contributed by atoms with E-state index in [1.165, 1.54) is 0 Å². The molecule has 126 valence electrons. The predicted octanol–water partition coefficient (Wildman–Crippen LogP) is 3.26. The third-order valence-corrected chi connectivity index (χ3v) is 4.98. The Morgan fingerprint density at radius 3 is 2.83 bits per heavy atom. The van der Waals surface area contributed by atoms with E-state index in [1.807, 2.05) is 17.0 Å². The Balaban J connectivity index is 1.46. The van der Waals surface area contributed by atoms with Crippen LogP contribution in [0.25, 0.3) is 0 Å². The van der Waals surface area contributed by atoms with E-state index in [1.54, 1.807) is 23.2 Å². The number of likely N-dealkylation sites (tertiary alicyclic amines) is 1. The molecular formula is C17H19ClN4O2. The van der Waals surface area contributed by atoms with Gasteiger partial charge in [0.2, 0.25) is 0 Å². The summed E-state index contributed by atoms with van der Waals surface area (Å²) < 4.78 is 5.63. The minimum Gasteiger partial charge on any atom is -0.489 e. The van der Waals surface area contributed by atoms with Gasteiger partial charge in [0.15, 0.2) is 0 Å². The molecule has 2 aliphatic rings. The number of anilines is 1. The number of amides is 2. The molecule has 6 nitrogen and oxygen atoms in total. The number of halogens is 1. The highest BCUT2D eigenvalue weighted by Crippen LogP contribution is 2.35. The molecule has 2 aliphatic heterocycles. The standard InChI is InChI=1S/C17H19ClN4O2/c18-13-1-2-15-16(11-13)24-10-9-22(15)17(23)21-7-4-12(5-8-21)14-3-6-19-20-14/h1-3,6,11-12H,4-5,7-10H2,(H,19,20). The van der Waals surface area contributed by atoms with Crippen molar-refractivity contribution in [3.63, 3.8) is 0 Å². The van der Waals surface area contributed by atoms with Gasteiger partial charge in [-0.2, -0.15) is 5.10 Å². The number of benzene rings is 1. The Morgan fingerprint density at radius 1 is 1.25 bits per heavy atom. The van der Waals surface area contributed by atoms with E-state index < -0.39 is 0 Å². The summed E-state index contributed by atoms with van der Waals surface area (Å²) in [7, 11) is 0. The fourth-order valence-corrected chi connectivity index (χ4v) is 3.60. The number of nitrogens with zero attached hydrogens (tertiary/aromatic N) is 3. The molecule has 2 amide bonds. The predicted molar refractivity (Wildman–Crippen MR) is 91.8 cm³/mol. The van der Waals surface area contributed by atoms with Crippen LogP contribution in [0, 0.1) is 0 Å². The van der Waals surface area contributed by atoms with Crippen LogP contribution in [0.1, 0.15) is 24.5 Å². The molecule has 7 heteroatoms. The first-order chi connectivity index (χ1) is 11.7. The molecule has 24 heavy (non-hydrogen) atoms. The Hall–Kier alpha value is -2.21. The molecule has 1 N–H and O–H groups in total. The number of carbonyl (C=O) groups excluding carboxylic acids is 1. The maximum atomic E-state index is 12.9. The Labute approximate surface area is 145 Å². The van der Waals surface area contributed by atoms with Gasteiger partial charge in [0, 0.05) is 42.0 Å². The third kappa shape index (κ3) is 2.82. The van der Waals surface area contributed by atoms with Gasteiger partial charge in [0.05, 0.1) is 12.2 Å². The van der Waals surface area contributed by atoms with Gasteiger partial charge in [-0.15, -0.1) is 0 Å². The number of hydrogen-bond acceptors (Lipinski definition) is 3. The zero-order valence-electron chi connectivity index (χ0n) is 13.2. The number of carbonyl (C=O) groups is 1. The SMILES string of the molecule is O=C(N1CCC(c2ccn[nH]2)CC1)N1CCOc2cc(Cl)ccc21. The van der Waals surface area contributed by atoms with Crippen molar-refractivity contribution in [3.05, 3.63) is 41.2 Å². The van der Waals surface area contributed by atoms with Gasteiger partial charge in [0.25, 0.3) is 0 Å². The molecule has 0 radical (unpaired) electrons. The number of ether oxygens (including phenoxy) is 1. The molecule has 1 aromatic carbocycles. The van der Waals surface area contributed by atoms with Crippen LogP contribution in [0.5, 0.6) is 5.75 Å². The molecular weight excluding hydrogens is 328 g/mol. The van der Waals surface area contributed by atoms with Crippen molar-refractivity contribution in [2.24, 2.45) is 0 Å². The molecule has 0 saturated carbocycles. The largest absolute Gasteiger partial charge is 0.489 e. The molecule has 2 aromatic rings. The number of hydrogen-bond donors (Lipinski definition) is 1. The molecule has 1 aromatic heterocycles. The number of H-pyrrole nitrogens is 1. The van der Waals surface area contributed by atoms with E-state index in [0.717, 1.165) is 37.3 Å². The maximum Gasteiger partial charge on any atom is 0.324 e. The Morgan fingerprint density at radius 2 is 2.08 bits per heavy atom. The van der Waals surface area contributed by atoms with Crippen LogP contribution in [0.3, 0.4) is 0 Å². The van der Waals surface area contributed by atoms with E-state index in [4.69, 9.17) is 16.3 Å². The fraction of sp³-hybridized carbons (Fsp3) is 0.412. The van der Waals surface area contributed by atoms with Crippen LogP contribution in [-0.4, -0.2) is 47.4 Å². The highest BCUT2D eigenvalue weighted by Gasteiger charge is 2.31. The number of aromatic amines is 1. The minimum absolute atomic E-state index is 0.0462. The molecule has 1 fully saturated rings. The smallest absolute Gasteiger partial charge is 0.324 e. The Bertz CT molecular complexity index is 726. The van der Waals surface area contributed by atoms with Gasteiger partial charge >= 0.3 is 6.03 Å². The first-order valence-corrected chi connectivity index (χ1v) is 8.58. The minimum atomic E-state index is 0.0462. The summed E-state index contributed by atoms with van der Waals surface area (Å²) in [6.07, 6.45) is 3.68. The maximum absolute atomic E-state index is 12.9. The van der Waals surface area contributed by atoms with Crippen molar-refractivity contribution in [2.75, 3.05) is 31.1 Å². The molecule has 0 unspecified atom stereocenters. The zero-order chi connectivity index (χ0) is 16.5. The quantitative estimate of drug-likeness (QED) is 0.862. The van der Waals surface area contributed by atoms with Crippen LogP contribution < -0.4 is 9.64 Å². The van der Waals surface area contributed by atoms with Crippen LogP contribution in [0.15, 0.2) is 30.5 Å². The fourth-order valence-electron chi connectivity index (χ4n) is 3.44. The monoisotopic (exact) mass is 346 g/mol. The molecule has 0 atom stereocenters. The summed E-state index contributed by atoms with van der Waals surface area (Å²) in [6, 6.07) is 7.47. The number of piperidine rings is 1. The normalized spacial score (nSPS) is 18.2. The van der Waals surface area contributed by atoms with E-state index in [2.05, 4.69) is 10.2 Å². The Kier molecular flexibility index (Phi) is 4.06. The van der Waals surface area contributed by atoms with Gasteiger partial charge in [-0.25, -0.2) is 4.79 Å². The van der Waals surface area contributed by atoms with E-state index in [0.29, 0.717) is 29.8 Å². The molecule has 0 aliphatic carbocycles. The van der Waals surface area contributed by atoms with Crippen LogP contribution in [0.2, 0.25) is 5.02 Å². The first kappa shape index (κ1) is 15.3. The highest BCUT2D eigenvalue weighted by molar-refractivity contribution is 6.30. The van der Waals surface area contributed by atoms with Gasteiger partial charge in [-0.05, 0) is 31.0 Å². The van der Waals surface area contributed by atoms with E-state index in [9.17, 15) is 4.79 Å². The van der Waals surface area contributed by atoms with Gasteiger partial charge < -0.3 is 9.64 Å². The van der Waals surface area contributed by atoms with E-state index >= 15 is 0 Å². The third-order valence-electron chi connectivity index (χ3n) is 4.74. The summed E-state index contributed by atoms with van der Waals surface area (Å²) >= 11 is 6.02. The van der Waals surface area contributed by atoms with Gasteiger partial charge in [-0.3, -0.25) is 10.00 Å². The second-order valence-electron chi connectivity index (χ2n) is 6.17. The molecule has 0 bridgehead atoms. The number of rotatable bonds is 1. The lowest BCUT2D eigenvalue weighted by molar-refractivity contribution is 0.183. The molecule has 4 rings (SSSR count). The lowest BCUT2D eigenvalue weighted by atomic mass is 9.94. The summed E-state index contributed by atoms with van der Waals surface area (Å²) in [6.45, 7) is 2.56. The molecule has 3 heterocycles. The van der Waals surface area contributed by atoms with E-state index in [-0.39, 0.29) is 6.03 Å². The lowest BCUT2D eigenvalue weighted by Gasteiger charge is -2.37. The van der Waals surface area contributed by atoms with Crippen molar-refractivity contribution < 1.29 is 9.53 Å².